The maximum atomic E-state index is 12.5. The zero-order valence-corrected chi connectivity index (χ0v) is 13.7. The third kappa shape index (κ3) is 4.13. The lowest BCUT2D eigenvalue weighted by molar-refractivity contribution is -0.138. The van der Waals surface area contributed by atoms with Crippen molar-refractivity contribution in [3.63, 3.8) is 0 Å². The van der Waals surface area contributed by atoms with E-state index in [1.54, 1.807) is 16.7 Å². The number of amides is 2. The van der Waals surface area contributed by atoms with Crippen LogP contribution < -0.4 is 11.1 Å². The highest BCUT2D eigenvalue weighted by Gasteiger charge is 2.35. The van der Waals surface area contributed by atoms with Gasteiger partial charge in [-0.25, -0.2) is 0 Å². The Hall–Kier alpha value is -0.750. The molecule has 5 nitrogen and oxygen atoms in total. The smallest absolute Gasteiger partial charge is 0.243 e. The van der Waals surface area contributed by atoms with Crippen molar-refractivity contribution in [2.24, 2.45) is 11.7 Å². The van der Waals surface area contributed by atoms with Crippen molar-refractivity contribution in [3.05, 3.63) is 0 Å². The zero-order valence-electron chi connectivity index (χ0n) is 12.8. The molecule has 2 atom stereocenters. The molecule has 0 aromatic heterocycles. The van der Waals surface area contributed by atoms with Crippen molar-refractivity contribution in [1.82, 2.24) is 10.2 Å². The Kier molecular flexibility index (Phi) is 6.36. The van der Waals surface area contributed by atoms with Gasteiger partial charge in [-0.2, -0.15) is 0 Å². The molecule has 2 aliphatic rings. The van der Waals surface area contributed by atoms with Gasteiger partial charge in [0, 0.05) is 24.8 Å². The van der Waals surface area contributed by atoms with Crippen LogP contribution in [0.25, 0.3) is 0 Å². The third-order valence-corrected chi connectivity index (χ3v) is 5.62. The fraction of sp³-hybridized carbons (Fsp3) is 0.867. The Labute approximate surface area is 131 Å². The number of hydrogen-bond donors (Lipinski definition) is 2. The highest BCUT2D eigenvalue weighted by Crippen LogP contribution is 2.27. The van der Waals surface area contributed by atoms with Crippen LogP contribution in [0.3, 0.4) is 0 Å². The van der Waals surface area contributed by atoms with Crippen LogP contribution in [0.2, 0.25) is 0 Å². The van der Waals surface area contributed by atoms with E-state index in [2.05, 4.69) is 5.32 Å². The van der Waals surface area contributed by atoms with E-state index in [1.807, 2.05) is 6.92 Å². The Morgan fingerprint density at radius 1 is 1.33 bits per heavy atom. The summed E-state index contributed by atoms with van der Waals surface area (Å²) in [5.41, 5.74) is 5.87. The van der Waals surface area contributed by atoms with Crippen LogP contribution in [0.1, 0.15) is 45.4 Å². The van der Waals surface area contributed by atoms with Gasteiger partial charge in [-0.3, -0.25) is 9.59 Å². The molecule has 0 radical (unpaired) electrons. The molecular weight excluding hydrogens is 286 g/mol. The molecule has 1 heterocycles. The largest absolute Gasteiger partial charge is 0.350 e. The number of nitrogens with zero attached hydrogens (tertiary/aromatic N) is 1. The van der Waals surface area contributed by atoms with Crippen LogP contribution in [0, 0.1) is 5.92 Å². The second-order valence-corrected chi connectivity index (χ2v) is 6.98. The number of hydrogen-bond acceptors (Lipinski definition) is 4. The van der Waals surface area contributed by atoms with Gasteiger partial charge in [0.2, 0.25) is 11.8 Å². The molecule has 21 heavy (non-hydrogen) atoms. The minimum Gasteiger partial charge on any atom is -0.350 e. The molecule has 2 unspecified atom stereocenters. The minimum absolute atomic E-state index is 0.0252. The highest BCUT2D eigenvalue weighted by molar-refractivity contribution is 7.99. The molecule has 0 aromatic rings. The molecule has 6 heteroatoms. The summed E-state index contributed by atoms with van der Waals surface area (Å²) in [6, 6.07) is -0.262. The molecule has 0 spiro atoms. The maximum Gasteiger partial charge on any atom is 0.243 e. The second kappa shape index (κ2) is 8.03. The van der Waals surface area contributed by atoms with Gasteiger partial charge in [-0.05, 0) is 18.8 Å². The van der Waals surface area contributed by atoms with E-state index in [4.69, 9.17) is 5.73 Å². The summed E-state index contributed by atoms with van der Waals surface area (Å²) < 4.78 is 0. The lowest BCUT2D eigenvalue weighted by Crippen LogP contribution is -2.53. The van der Waals surface area contributed by atoms with Crippen molar-refractivity contribution in [2.75, 3.05) is 18.2 Å². The summed E-state index contributed by atoms with van der Waals surface area (Å²) in [5.74, 6) is 1.85. The molecule has 1 saturated heterocycles. The van der Waals surface area contributed by atoms with Crippen molar-refractivity contribution >= 4 is 23.6 Å². The Bertz CT molecular complexity index is 372. The zero-order chi connectivity index (χ0) is 15.2. The number of rotatable bonds is 5. The van der Waals surface area contributed by atoms with Crippen LogP contribution in [0.5, 0.6) is 0 Å². The molecule has 2 amide bonds. The van der Waals surface area contributed by atoms with Gasteiger partial charge in [0.05, 0.1) is 5.88 Å². The van der Waals surface area contributed by atoms with E-state index in [0.29, 0.717) is 30.5 Å². The summed E-state index contributed by atoms with van der Waals surface area (Å²) in [6.07, 6.45) is 6.51. The molecular formula is C15H27N3O2S. The average molecular weight is 313 g/mol. The fourth-order valence-corrected chi connectivity index (χ4v) is 4.47. The van der Waals surface area contributed by atoms with Crippen molar-refractivity contribution in [1.29, 1.82) is 0 Å². The first kappa shape index (κ1) is 16.6. The van der Waals surface area contributed by atoms with Gasteiger partial charge in [0.25, 0.3) is 0 Å². The topological polar surface area (TPSA) is 75.4 Å². The van der Waals surface area contributed by atoms with Crippen molar-refractivity contribution < 1.29 is 9.59 Å². The van der Waals surface area contributed by atoms with Gasteiger partial charge in [0.1, 0.15) is 6.04 Å². The van der Waals surface area contributed by atoms with Gasteiger partial charge in [-0.15, -0.1) is 11.8 Å². The Morgan fingerprint density at radius 2 is 2.05 bits per heavy atom. The number of carbonyl (C=O) groups is 2. The molecule has 1 aliphatic heterocycles. The first-order valence-corrected chi connectivity index (χ1v) is 9.20. The highest BCUT2D eigenvalue weighted by atomic mass is 32.2. The average Bonchev–Trinajstić information content (AvgIpc) is 3.02. The summed E-state index contributed by atoms with van der Waals surface area (Å²) in [4.78, 5) is 26.1. The van der Waals surface area contributed by atoms with E-state index in [9.17, 15) is 9.59 Å². The summed E-state index contributed by atoms with van der Waals surface area (Å²) in [5, 5.41) is 3.12. The van der Waals surface area contributed by atoms with Gasteiger partial charge < -0.3 is 16.0 Å². The minimum atomic E-state index is -0.319. The third-order valence-electron chi connectivity index (χ3n) is 4.61. The van der Waals surface area contributed by atoms with Crippen LogP contribution in [0.15, 0.2) is 0 Å². The summed E-state index contributed by atoms with van der Waals surface area (Å²) in [7, 11) is 0. The van der Waals surface area contributed by atoms with Crippen molar-refractivity contribution in [2.45, 2.75) is 57.5 Å². The lowest BCUT2D eigenvalue weighted by atomic mass is 9.84. The molecule has 3 N–H and O–H groups in total. The lowest BCUT2D eigenvalue weighted by Gasteiger charge is -2.32. The summed E-state index contributed by atoms with van der Waals surface area (Å²) in [6.45, 7) is 2.32. The summed E-state index contributed by atoms with van der Waals surface area (Å²) >= 11 is 1.65. The fourth-order valence-electron chi connectivity index (χ4n) is 3.29. The van der Waals surface area contributed by atoms with Crippen LogP contribution in [-0.2, 0) is 9.59 Å². The standard InChI is InChI=1S/C15H27N3O2S/c1-2-14(19)18-10-21-9-13(18)15(20)17-12(8-16)11-6-4-3-5-7-11/h11-13H,2-10,16H2,1H3,(H,17,20). The molecule has 2 rings (SSSR count). The molecule has 1 aliphatic carbocycles. The van der Waals surface area contributed by atoms with Gasteiger partial charge in [-0.1, -0.05) is 26.2 Å². The normalized spacial score (nSPS) is 24.9. The van der Waals surface area contributed by atoms with E-state index >= 15 is 0 Å². The first-order valence-electron chi connectivity index (χ1n) is 8.05. The van der Waals surface area contributed by atoms with Crippen LogP contribution in [0.4, 0.5) is 0 Å². The van der Waals surface area contributed by atoms with E-state index in [-0.39, 0.29) is 23.9 Å². The van der Waals surface area contributed by atoms with Crippen LogP contribution in [-0.4, -0.2) is 47.0 Å². The molecule has 0 aromatic carbocycles. The van der Waals surface area contributed by atoms with Crippen molar-refractivity contribution in [3.8, 4) is 0 Å². The second-order valence-electron chi connectivity index (χ2n) is 5.98. The number of nitrogens with two attached hydrogens (primary N) is 1. The monoisotopic (exact) mass is 313 g/mol. The number of thioether (sulfide) groups is 1. The van der Waals surface area contributed by atoms with Gasteiger partial charge in [0.15, 0.2) is 0 Å². The predicted molar refractivity (Wildman–Crippen MR) is 85.8 cm³/mol. The van der Waals surface area contributed by atoms with E-state index in [0.717, 1.165) is 12.8 Å². The number of carbonyl (C=O) groups excluding carboxylic acids is 2. The van der Waals surface area contributed by atoms with Crippen LogP contribution >= 0.6 is 11.8 Å². The molecule has 1 saturated carbocycles. The SMILES string of the molecule is CCC(=O)N1CSCC1C(=O)NC(CN)C1CCCCC1. The Balaban J connectivity index is 1.93. The molecule has 0 bridgehead atoms. The van der Waals surface area contributed by atoms with E-state index < -0.39 is 0 Å². The molecule has 120 valence electrons. The first-order chi connectivity index (χ1) is 10.2. The number of nitrogens with one attached hydrogen (secondary N) is 1. The molecule has 2 fully saturated rings. The quantitative estimate of drug-likeness (QED) is 0.803. The Morgan fingerprint density at radius 3 is 2.67 bits per heavy atom. The predicted octanol–water partition coefficient (Wildman–Crippen LogP) is 1.32. The van der Waals surface area contributed by atoms with Gasteiger partial charge >= 0.3 is 0 Å². The maximum absolute atomic E-state index is 12.5. The van der Waals surface area contributed by atoms with E-state index in [1.165, 1.54) is 19.3 Å².